The fraction of sp³-hybridized carbons (Fsp3) is 0.588. The molecule has 1 aliphatic heterocycles. The standard InChI is InChI=1S/C17H25FN2O2/c1-3-20(12-17(21)22)15-6-8-19(9-7-15)11-14-10-13(2)4-5-16(14)18/h4-5,10,15H,3,6-9,11-12H2,1-2H3,(H,21,22). The highest BCUT2D eigenvalue weighted by Gasteiger charge is 2.25. The van der Waals surface area contributed by atoms with Crippen molar-refractivity contribution in [2.24, 2.45) is 0 Å². The number of benzene rings is 1. The first-order chi connectivity index (χ1) is 10.5. The van der Waals surface area contributed by atoms with E-state index in [-0.39, 0.29) is 12.4 Å². The van der Waals surface area contributed by atoms with E-state index < -0.39 is 5.97 Å². The van der Waals surface area contributed by atoms with Gasteiger partial charge in [-0.2, -0.15) is 0 Å². The number of likely N-dealkylation sites (N-methyl/N-ethyl adjacent to an activating group) is 1. The second-order valence-electron chi connectivity index (χ2n) is 6.06. The molecule has 1 aromatic carbocycles. The normalized spacial score (nSPS) is 17.1. The molecule has 0 saturated carbocycles. The third-order valence-electron chi connectivity index (χ3n) is 4.41. The molecule has 0 aliphatic carbocycles. The maximum Gasteiger partial charge on any atom is 0.317 e. The van der Waals surface area contributed by atoms with Gasteiger partial charge in [0.2, 0.25) is 0 Å². The van der Waals surface area contributed by atoms with Crippen LogP contribution in [-0.2, 0) is 11.3 Å². The van der Waals surface area contributed by atoms with Crippen molar-refractivity contribution in [3.8, 4) is 0 Å². The smallest absolute Gasteiger partial charge is 0.317 e. The third kappa shape index (κ3) is 4.52. The molecule has 122 valence electrons. The van der Waals surface area contributed by atoms with Gasteiger partial charge in [0.15, 0.2) is 0 Å². The summed E-state index contributed by atoms with van der Waals surface area (Å²) in [7, 11) is 0. The lowest BCUT2D eigenvalue weighted by Crippen LogP contribution is -2.46. The molecular weight excluding hydrogens is 283 g/mol. The molecule has 4 nitrogen and oxygen atoms in total. The molecule has 0 radical (unpaired) electrons. The van der Waals surface area contributed by atoms with Gasteiger partial charge >= 0.3 is 5.97 Å². The first-order valence-electron chi connectivity index (χ1n) is 7.92. The van der Waals surface area contributed by atoms with Crippen LogP contribution in [0.25, 0.3) is 0 Å². The largest absolute Gasteiger partial charge is 0.480 e. The lowest BCUT2D eigenvalue weighted by atomic mass is 10.0. The van der Waals surface area contributed by atoms with Crippen LogP contribution in [0.4, 0.5) is 4.39 Å². The second-order valence-corrected chi connectivity index (χ2v) is 6.06. The molecule has 2 rings (SSSR count). The Hall–Kier alpha value is -1.46. The monoisotopic (exact) mass is 308 g/mol. The molecule has 0 bridgehead atoms. The molecule has 1 saturated heterocycles. The molecule has 22 heavy (non-hydrogen) atoms. The lowest BCUT2D eigenvalue weighted by Gasteiger charge is -2.37. The van der Waals surface area contributed by atoms with E-state index >= 15 is 0 Å². The van der Waals surface area contributed by atoms with Crippen LogP contribution in [0.2, 0.25) is 0 Å². The summed E-state index contributed by atoms with van der Waals surface area (Å²) in [6.07, 6.45) is 1.88. The number of carboxylic acids is 1. The Morgan fingerprint density at radius 2 is 2.09 bits per heavy atom. The van der Waals surface area contributed by atoms with Gasteiger partial charge in [-0.05, 0) is 45.5 Å². The molecule has 0 aromatic heterocycles. The summed E-state index contributed by atoms with van der Waals surface area (Å²) in [5, 5.41) is 8.96. The van der Waals surface area contributed by atoms with E-state index in [0.29, 0.717) is 12.6 Å². The summed E-state index contributed by atoms with van der Waals surface area (Å²) in [6.45, 7) is 7.22. The lowest BCUT2D eigenvalue weighted by molar-refractivity contribution is -0.139. The van der Waals surface area contributed by atoms with Gasteiger partial charge in [0.05, 0.1) is 6.54 Å². The minimum atomic E-state index is -0.772. The van der Waals surface area contributed by atoms with E-state index in [2.05, 4.69) is 4.90 Å². The van der Waals surface area contributed by atoms with E-state index in [1.54, 1.807) is 6.07 Å². The molecule has 1 aromatic rings. The highest BCUT2D eigenvalue weighted by molar-refractivity contribution is 5.69. The zero-order chi connectivity index (χ0) is 16.1. The molecular formula is C17H25FN2O2. The van der Waals surface area contributed by atoms with Crippen LogP contribution in [0.15, 0.2) is 18.2 Å². The van der Waals surface area contributed by atoms with Crippen molar-refractivity contribution in [3.05, 3.63) is 35.1 Å². The topological polar surface area (TPSA) is 43.8 Å². The number of aryl methyl sites for hydroxylation is 1. The first-order valence-corrected chi connectivity index (χ1v) is 7.92. The number of hydrogen-bond acceptors (Lipinski definition) is 3. The van der Waals surface area contributed by atoms with Crippen LogP contribution >= 0.6 is 0 Å². The Labute approximate surface area is 131 Å². The minimum absolute atomic E-state index is 0.105. The summed E-state index contributed by atoms with van der Waals surface area (Å²) >= 11 is 0. The van der Waals surface area contributed by atoms with Crippen molar-refractivity contribution < 1.29 is 14.3 Å². The van der Waals surface area contributed by atoms with E-state index in [4.69, 9.17) is 5.11 Å². The van der Waals surface area contributed by atoms with Gasteiger partial charge in [-0.3, -0.25) is 14.6 Å². The maximum atomic E-state index is 13.8. The number of carboxylic acid groups (broad SMARTS) is 1. The first kappa shape index (κ1) is 16.9. The van der Waals surface area contributed by atoms with Crippen molar-refractivity contribution in [2.75, 3.05) is 26.2 Å². The molecule has 1 heterocycles. The number of rotatable bonds is 6. The number of carbonyl (C=O) groups is 1. The van der Waals surface area contributed by atoms with Gasteiger partial charge in [-0.15, -0.1) is 0 Å². The predicted molar refractivity (Wildman–Crippen MR) is 84.3 cm³/mol. The Kier molecular flexibility index (Phi) is 5.91. The Morgan fingerprint density at radius 3 is 2.68 bits per heavy atom. The molecule has 0 spiro atoms. The number of halogens is 1. The SMILES string of the molecule is CCN(CC(=O)O)C1CCN(Cc2cc(C)ccc2F)CC1. The van der Waals surface area contributed by atoms with Crippen LogP contribution in [-0.4, -0.2) is 53.1 Å². The fourth-order valence-electron chi connectivity index (χ4n) is 3.18. The molecule has 1 aliphatic rings. The number of nitrogens with zero attached hydrogens (tertiary/aromatic N) is 2. The summed E-state index contributed by atoms with van der Waals surface area (Å²) in [6, 6.07) is 5.54. The molecule has 5 heteroatoms. The third-order valence-corrected chi connectivity index (χ3v) is 4.41. The number of likely N-dealkylation sites (tertiary alicyclic amines) is 1. The summed E-state index contributed by atoms with van der Waals surface area (Å²) < 4.78 is 13.8. The van der Waals surface area contributed by atoms with Crippen molar-refractivity contribution in [2.45, 2.75) is 39.3 Å². The van der Waals surface area contributed by atoms with Crippen molar-refractivity contribution in [1.82, 2.24) is 9.80 Å². The Balaban J connectivity index is 1.89. The quantitative estimate of drug-likeness (QED) is 0.877. The average Bonchev–Trinajstić information content (AvgIpc) is 2.49. The molecule has 0 amide bonds. The summed E-state index contributed by atoms with van der Waals surface area (Å²) in [4.78, 5) is 15.2. The van der Waals surface area contributed by atoms with Crippen molar-refractivity contribution in [3.63, 3.8) is 0 Å². The zero-order valence-electron chi connectivity index (χ0n) is 13.4. The van der Waals surface area contributed by atoms with Crippen LogP contribution in [0.5, 0.6) is 0 Å². The molecule has 0 atom stereocenters. The van der Waals surface area contributed by atoms with Gasteiger partial charge in [-0.1, -0.05) is 24.6 Å². The second kappa shape index (κ2) is 7.70. The van der Waals surface area contributed by atoms with Gasteiger partial charge in [0.1, 0.15) is 5.82 Å². The number of hydrogen-bond donors (Lipinski definition) is 1. The van der Waals surface area contributed by atoms with Gasteiger partial charge in [-0.25, -0.2) is 4.39 Å². The Bertz CT molecular complexity index is 513. The van der Waals surface area contributed by atoms with Crippen LogP contribution < -0.4 is 0 Å². The Morgan fingerprint density at radius 1 is 1.41 bits per heavy atom. The summed E-state index contributed by atoms with van der Waals surface area (Å²) in [5.74, 6) is -0.917. The number of piperidine rings is 1. The van der Waals surface area contributed by atoms with Crippen LogP contribution in [0.3, 0.4) is 0 Å². The van der Waals surface area contributed by atoms with Gasteiger partial charge in [0, 0.05) is 18.2 Å². The summed E-state index contributed by atoms with van der Waals surface area (Å²) in [5.41, 5.74) is 1.82. The molecule has 1 fully saturated rings. The minimum Gasteiger partial charge on any atom is -0.480 e. The van der Waals surface area contributed by atoms with E-state index in [0.717, 1.165) is 43.6 Å². The highest BCUT2D eigenvalue weighted by atomic mass is 19.1. The maximum absolute atomic E-state index is 13.8. The van der Waals surface area contributed by atoms with E-state index in [1.807, 2.05) is 24.8 Å². The number of aliphatic carboxylic acids is 1. The predicted octanol–water partition coefficient (Wildman–Crippen LogP) is 2.51. The zero-order valence-corrected chi connectivity index (χ0v) is 13.4. The van der Waals surface area contributed by atoms with Crippen molar-refractivity contribution >= 4 is 5.97 Å². The average molecular weight is 308 g/mol. The van der Waals surface area contributed by atoms with Crippen LogP contribution in [0.1, 0.15) is 30.9 Å². The molecule has 1 N–H and O–H groups in total. The fourth-order valence-corrected chi connectivity index (χ4v) is 3.18. The van der Waals surface area contributed by atoms with E-state index in [9.17, 15) is 9.18 Å². The molecule has 0 unspecified atom stereocenters. The highest BCUT2D eigenvalue weighted by Crippen LogP contribution is 2.20. The van der Waals surface area contributed by atoms with E-state index in [1.165, 1.54) is 6.07 Å². The van der Waals surface area contributed by atoms with Gasteiger partial charge in [0.25, 0.3) is 0 Å². The van der Waals surface area contributed by atoms with Crippen LogP contribution in [0, 0.1) is 12.7 Å². The van der Waals surface area contributed by atoms with Crippen molar-refractivity contribution in [1.29, 1.82) is 0 Å². The van der Waals surface area contributed by atoms with Gasteiger partial charge < -0.3 is 5.11 Å².